The average molecular weight is 439 g/mol. The van der Waals surface area contributed by atoms with Crippen molar-refractivity contribution in [1.29, 1.82) is 0 Å². The lowest BCUT2D eigenvalue weighted by atomic mass is 10.1. The molecule has 2 aromatic carbocycles. The number of nitrogens with zero attached hydrogens (tertiary/aromatic N) is 1. The van der Waals surface area contributed by atoms with Gasteiger partial charge in [0.1, 0.15) is 18.1 Å². The van der Waals surface area contributed by atoms with Crippen molar-refractivity contribution in [1.82, 2.24) is 10.2 Å². The van der Waals surface area contributed by atoms with E-state index < -0.39 is 9.84 Å². The fraction of sp³-hybridized carbons (Fsp3) is 0.429. The van der Waals surface area contributed by atoms with Crippen LogP contribution in [0.2, 0.25) is 5.02 Å². The molecule has 0 aromatic heterocycles. The minimum absolute atomic E-state index is 0.208. The monoisotopic (exact) mass is 438 g/mol. The third-order valence-electron chi connectivity index (χ3n) is 4.98. The van der Waals surface area contributed by atoms with Crippen molar-refractivity contribution in [3.63, 3.8) is 0 Å². The Hall–Kier alpha value is -1.80. The van der Waals surface area contributed by atoms with Crippen LogP contribution >= 0.6 is 11.6 Å². The summed E-state index contributed by atoms with van der Waals surface area (Å²) in [5.74, 6) is 1.53. The molecular formula is C21H27ClN2O4S. The predicted molar refractivity (Wildman–Crippen MR) is 115 cm³/mol. The molecule has 0 amide bonds. The van der Waals surface area contributed by atoms with Crippen LogP contribution < -0.4 is 14.8 Å². The Bertz CT molecular complexity index is 919. The summed E-state index contributed by atoms with van der Waals surface area (Å²) in [5, 5.41) is 4.19. The van der Waals surface area contributed by atoms with E-state index in [9.17, 15) is 8.42 Å². The molecule has 2 aromatic rings. The van der Waals surface area contributed by atoms with E-state index >= 15 is 0 Å². The first-order chi connectivity index (χ1) is 13.8. The van der Waals surface area contributed by atoms with Gasteiger partial charge in [0, 0.05) is 37.5 Å². The number of sulfone groups is 1. The molecule has 0 saturated carbocycles. The quantitative estimate of drug-likeness (QED) is 0.683. The highest BCUT2D eigenvalue weighted by Crippen LogP contribution is 2.23. The van der Waals surface area contributed by atoms with E-state index in [1.807, 2.05) is 18.2 Å². The minimum Gasteiger partial charge on any atom is -0.496 e. The van der Waals surface area contributed by atoms with Crippen molar-refractivity contribution in [2.75, 3.05) is 46.2 Å². The van der Waals surface area contributed by atoms with E-state index in [1.165, 1.54) is 6.26 Å². The summed E-state index contributed by atoms with van der Waals surface area (Å²) in [5.41, 5.74) is 1.11. The highest BCUT2D eigenvalue weighted by atomic mass is 35.5. The van der Waals surface area contributed by atoms with E-state index in [2.05, 4.69) is 10.2 Å². The van der Waals surface area contributed by atoms with Crippen molar-refractivity contribution in [2.45, 2.75) is 17.4 Å². The number of benzene rings is 2. The smallest absolute Gasteiger partial charge is 0.175 e. The van der Waals surface area contributed by atoms with Crippen molar-refractivity contribution in [3.05, 3.63) is 53.1 Å². The molecule has 1 aliphatic heterocycles. The summed E-state index contributed by atoms with van der Waals surface area (Å²) >= 11 is 6.12. The second kappa shape index (κ2) is 9.80. The Labute approximate surface area is 177 Å². The molecule has 0 radical (unpaired) electrons. The van der Waals surface area contributed by atoms with Crippen molar-refractivity contribution < 1.29 is 17.9 Å². The maximum absolute atomic E-state index is 11.5. The zero-order valence-electron chi connectivity index (χ0n) is 16.7. The molecule has 158 valence electrons. The van der Waals surface area contributed by atoms with E-state index in [-0.39, 0.29) is 6.04 Å². The first-order valence-corrected chi connectivity index (χ1v) is 11.8. The van der Waals surface area contributed by atoms with Gasteiger partial charge in [-0.1, -0.05) is 11.6 Å². The number of piperazine rings is 1. The summed E-state index contributed by atoms with van der Waals surface area (Å²) < 4.78 is 34.4. The van der Waals surface area contributed by atoms with Crippen LogP contribution in [0.1, 0.15) is 5.56 Å². The van der Waals surface area contributed by atoms with Gasteiger partial charge >= 0.3 is 0 Å². The standard InChI is InChI=1S/C21H27ClN2O4S/c1-27-21-8-3-17(22)13-16(21)9-11-24-12-10-23-18(14-24)15-28-19-4-6-20(7-5-19)29(2,25)26/h3-8,13,18,23H,9-12,14-15H2,1-2H3/t18-/m0/s1. The minimum atomic E-state index is -3.19. The Morgan fingerprint density at radius 1 is 1.21 bits per heavy atom. The molecule has 1 N–H and O–H groups in total. The summed E-state index contributed by atoms with van der Waals surface area (Å²) in [6.45, 7) is 4.19. The van der Waals surface area contributed by atoms with E-state index in [4.69, 9.17) is 21.1 Å². The van der Waals surface area contributed by atoms with Crippen molar-refractivity contribution in [2.24, 2.45) is 0 Å². The summed E-state index contributed by atoms with van der Waals surface area (Å²) in [7, 11) is -1.52. The summed E-state index contributed by atoms with van der Waals surface area (Å²) in [4.78, 5) is 2.70. The number of hydrogen-bond donors (Lipinski definition) is 1. The molecule has 1 saturated heterocycles. The second-order valence-corrected chi connectivity index (χ2v) is 9.66. The second-order valence-electron chi connectivity index (χ2n) is 7.21. The molecular weight excluding hydrogens is 412 g/mol. The SMILES string of the molecule is COc1ccc(Cl)cc1CCN1CCN[C@H](COc2ccc(S(C)(=O)=O)cc2)C1. The van der Waals surface area contributed by atoms with Gasteiger partial charge in [-0.25, -0.2) is 8.42 Å². The lowest BCUT2D eigenvalue weighted by molar-refractivity contribution is 0.159. The van der Waals surface area contributed by atoms with Gasteiger partial charge in [-0.2, -0.15) is 0 Å². The molecule has 1 atom stereocenters. The van der Waals surface area contributed by atoms with Crippen molar-refractivity contribution in [3.8, 4) is 11.5 Å². The Kier molecular flexibility index (Phi) is 7.40. The molecule has 0 aliphatic carbocycles. The van der Waals surface area contributed by atoms with Gasteiger partial charge in [-0.3, -0.25) is 0 Å². The highest BCUT2D eigenvalue weighted by Gasteiger charge is 2.20. The van der Waals surface area contributed by atoms with Crippen LogP contribution in [0.5, 0.6) is 11.5 Å². The number of methoxy groups -OCH3 is 1. The zero-order chi connectivity index (χ0) is 20.9. The predicted octanol–water partition coefficient (Wildman–Crippen LogP) is 2.65. The lowest BCUT2D eigenvalue weighted by Gasteiger charge is -2.33. The Balaban J connectivity index is 1.50. The van der Waals surface area contributed by atoms with E-state index in [0.29, 0.717) is 22.3 Å². The van der Waals surface area contributed by atoms with Gasteiger partial charge in [0.15, 0.2) is 9.84 Å². The first-order valence-electron chi connectivity index (χ1n) is 9.56. The maximum Gasteiger partial charge on any atom is 0.175 e. The summed E-state index contributed by atoms with van der Waals surface area (Å²) in [6.07, 6.45) is 2.06. The fourth-order valence-corrected chi connectivity index (χ4v) is 4.24. The van der Waals surface area contributed by atoms with Gasteiger partial charge < -0.3 is 19.7 Å². The highest BCUT2D eigenvalue weighted by molar-refractivity contribution is 7.90. The van der Waals surface area contributed by atoms with Crippen molar-refractivity contribution >= 4 is 21.4 Å². The lowest BCUT2D eigenvalue weighted by Crippen LogP contribution is -2.53. The zero-order valence-corrected chi connectivity index (χ0v) is 18.3. The van der Waals surface area contributed by atoms with Crippen LogP contribution in [0, 0.1) is 0 Å². The molecule has 0 unspecified atom stereocenters. The van der Waals surface area contributed by atoms with Gasteiger partial charge in [0.05, 0.1) is 18.0 Å². The molecule has 1 fully saturated rings. The van der Waals surface area contributed by atoms with E-state index in [1.54, 1.807) is 31.4 Å². The van der Waals surface area contributed by atoms with Gasteiger partial charge in [-0.15, -0.1) is 0 Å². The Morgan fingerprint density at radius 3 is 2.66 bits per heavy atom. The topological polar surface area (TPSA) is 67.9 Å². The van der Waals surface area contributed by atoms with Crippen LogP contribution in [0.25, 0.3) is 0 Å². The molecule has 6 nitrogen and oxygen atoms in total. The number of hydrogen-bond acceptors (Lipinski definition) is 6. The van der Waals surface area contributed by atoms with Crippen LogP contribution in [-0.4, -0.2) is 65.5 Å². The maximum atomic E-state index is 11.5. The van der Waals surface area contributed by atoms with Crippen LogP contribution in [-0.2, 0) is 16.3 Å². The fourth-order valence-electron chi connectivity index (χ4n) is 3.41. The molecule has 0 bridgehead atoms. The number of halogens is 1. The third-order valence-corrected chi connectivity index (χ3v) is 6.35. The van der Waals surface area contributed by atoms with Crippen LogP contribution in [0.4, 0.5) is 0 Å². The van der Waals surface area contributed by atoms with Gasteiger partial charge in [0.2, 0.25) is 0 Å². The first kappa shape index (κ1) is 21.9. The van der Waals surface area contributed by atoms with E-state index in [0.717, 1.165) is 43.9 Å². The number of ether oxygens (including phenoxy) is 2. The normalized spacial score (nSPS) is 17.8. The summed E-state index contributed by atoms with van der Waals surface area (Å²) in [6, 6.07) is 12.5. The van der Waals surface area contributed by atoms with Gasteiger partial charge in [0.25, 0.3) is 0 Å². The third kappa shape index (κ3) is 6.34. The molecule has 0 spiro atoms. The number of nitrogens with one attached hydrogen (secondary N) is 1. The molecule has 8 heteroatoms. The molecule has 29 heavy (non-hydrogen) atoms. The largest absolute Gasteiger partial charge is 0.496 e. The van der Waals surface area contributed by atoms with Crippen LogP contribution in [0.15, 0.2) is 47.4 Å². The van der Waals surface area contributed by atoms with Crippen LogP contribution in [0.3, 0.4) is 0 Å². The molecule has 1 heterocycles. The Morgan fingerprint density at radius 2 is 1.97 bits per heavy atom. The molecule has 3 rings (SSSR count). The molecule has 1 aliphatic rings. The van der Waals surface area contributed by atoms with Gasteiger partial charge in [-0.05, 0) is 54.4 Å². The average Bonchev–Trinajstić information content (AvgIpc) is 2.71. The number of rotatable bonds is 8.